The monoisotopic (exact) mass is 930 g/mol. The third kappa shape index (κ3) is 51.7. The molecule has 1 amide bonds. The maximum atomic E-state index is 12.5. The Balaban J connectivity index is 3.50. The highest BCUT2D eigenvalue weighted by molar-refractivity contribution is 5.76. The molecule has 0 aliphatic carbocycles. The first kappa shape index (κ1) is 64.3. The fourth-order valence-corrected chi connectivity index (χ4v) is 9.22. The SMILES string of the molecule is CCCCCCCCCCCCCCCCCCCCCCC(O)C(CO)NC(=O)CCCCCCCC/C=C\C=C/CCCCCOC(=O)CCCCCCCCCCCCCCCC. The molecule has 0 aliphatic rings. The van der Waals surface area contributed by atoms with Crippen molar-refractivity contribution in [3.63, 3.8) is 0 Å². The molecule has 2 atom stereocenters. The second kappa shape index (κ2) is 55.9. The van der Waals surface area contributed by atoms with Gasteiger partial charge in [0, 0.05) is 12.8 Å². The average molecular weight is 931 g/mol. The van der Waals surface area contributed by atoms with Crippen LogP contribution in [-0.2, 0) is 14.3 Å². The van der Waals surface area contributed by atoms with Gasteiger partial charge in [-0.3, -0.25) is 9.59 Å². The molecule has 0 bridgehead atoms. The van der Waals surface area contributed by atoms with Gasteiger partial charge in [-0.05, 0) is 57.8 Å². The summed E-state index contributed by atoms with van der Waals surface area (Å²) in [6.07, 6.45) is 67.4. The van der Waals surface area contributed by atoms with E-state index in [2.05, 4.69) is 43.5 Å². The van der Waals surface area contributed by atoms with Gasteiger partial charge in [0.2, 0.25) is 5.91 Å². The van der Waals surface area contributed by atoms with E-state index in [1.165, 1.54) is 212 Å². The summed E-state index contributed by atoms with van der Waals surface area (Å²) in [6.45, 7) is 4.92. The molecular weight excluding hydrogens is 815 g/mol. The van der Waals surface area contributed by atoms with Gasteiger partial charge in [-0.25, -0.2) is 0 Å². The van der Waals surface area contributed by atoms with Crippen LogP contribution in [0.25, 0.3) is 0 Å². The van der Waals surface area contributed by atoms with Crippen LogP contribution in [0.15, 0.2) is 24.3 Å². The molecule has 6 nitrogen and oxygen atoms in total. The predicted octanol–water partition coefficient (Wildman–Crippen LogP) is 18.2. The number of rotatable bonds is 55. The van der Waals surface area contributed by atoms with Gasteiger partial charge in [0.05, 0.1) is 25.4 Å². The normalized spacial score (nSPS) is 12.7. The number of carbonyl (C=O) groups is 2. The minimum Gasteiger partial charge on any atom is -0.466 e. The Morgan fingerprint density at radius 2 is 0.742 bits per heavy atom. The number of aliphatic hydroxyl groups excluding tert-OH is 2. The van der Waals surface area contributed by atoms with Crippen molar-refractivity contribution in [1.82, 2.24) is 5.32 Å². The Morgan fingerprint density at radius 1 is 0.424 bits per heavy atom. The van der Waals surface area contributed by atoms with E-state index in [9.17, 15) is 19.8 Å². The summed E-state index contributed by atoms with van der Waals surface area (Å²) in [7, 11) is 0. The van der Waals surface area contributed by atoms with Crippen LogP contribution in [0.3, 0.4) is 0 Å². The standard InChI is InChI=1S/C60H115NO5/c1-3-5-7-9-11-13-15-17-19-20-21-22-23-25-28-32-36-40-44-48-52-58(63)57(56-62)61-59(64)53-49-45-41-37-33-29-26-24-27-31-35-39-43-47-51-55-66-60(65)54-50-46-42-38-34-30-18-16-14-12-10-8-6-4-2/h24,27,31,35,57-58,62-63H,3-23,25-26,28-30,32-34,36-56H2,1-2H3,(H,61,64)/b27-24-,35-31-. The zero-order valence-electron chi connectivity index (χ0n) is 44.4. The summed E-state index contributed by atoms with van der Waals surface area (Å²) in [4.78, 5) is 24.5. The van der Waals surface area contributed by atoms with E-state index in [1.807, 2.05) is 0 Å². The van der Waals surface area contributed by atoms with Crippen molar-refractivity contribution in [2.45, 2.75) is 334 Å². The number of allylic oxidation sites excluding steroid dienone is 4. The number of carbonyl (C=O) groups excluding carboxylic acids is 2. The number of aliphatic hydroxyl groups is 2. The lowest BCUT2D eigenvalue weighted by Gasteiger charge is -2.22. The van der Waals surface area contributed by atoms with Crippen LogP contribution in [0.2, 0.25) is 0 Å². The van der Waals surface area contributed by atoms with Gasteiger partial charge < -0.3 is 20.3 Å². The number of esters is 1. The number of ether oxygens (including phenoxy) is 1. The number of amides is 1. The van der Waals surface area contributed by atoms with E-state index in [0.29, 0.717) is 25.9 Å². The van der Waals surface area contributed by atoms with Crippen molar-refractivity contribution < 1.29 is 24.5 Å². The molecule has 0 saturated carbocycles. The van der Waals surface area contributed by atoms with Crippen molar-refractivity contribution >= 4 is 11.9 Å². The summed E-state index contributed by atoms with van der Waals surface area (Å²) in [6, 6.07) is -0.558. The van der Waals surface area contributed by atoms with E-state index in [-0.39, 0.29) is 18.5 Å². The zero-order chi connectivity index (χ0) is 47.9. The van der Waals surface area contributed by atoms with Gasteiger partial charge in [0.25, 0.3) is 0 Å². The molecule has 2 unspecified atom stereocenters. The highest BCUT2D eigenvalue weighted by Gasteiger charge is 2.20. The second-order valence-electron chi connectivity index (χ2n) is 20.4. The van der Waals surface area contributed by atoms with Crippen LogP contribution in [0, 0.1) is 0 Å². The molecule has 0 heterocycles. The Bertz CT molecular complexity index is 1030. The summed E-state index contributed by atoms with van der Waals surface area (Å²) in [5.74, 6) is -0.0734. The smallest absolute Gasteiger partial charge is 0.305 e. The highest BCUT2D eigenvalue weighted by Crippen LogP contribution is 2.17. The predicted molar refractivity (Wildman–Crippen MR) is 287 cm³/mol. The van der Waals surface area contributed by atoms with Crippen molar-refractivity contribution in [2.24, 2.45) is 0 Å². The first-order valence-electron chi connectivity index (χ1n) is 29.6. The van der Waals surface area contributed by atoms with Crippen molar-refractivity contribution in [2.75, 3.05) is 13.2 Å². The average Bonchev–Trinajstić information content (AvgIpc) is 3.32. The summed E-state index contributed by atoms with van der Waals surface area (Å²) in [5, 5.41) is 23.3. The largest absolute Gasteiger partial charge is 0.466 e. The first-order valence-corrected chi connectivity index (χ1v) is 29.6. The van der Waals surface area contributed by atoms with Crippen LogP contribution in [0.5, 0.6) is 0 Å². The Kier molecular flexibility index (Phi) is 54.5. The Hall–Kier alpha value is -1.66. The van der Waals surface area contributed by atoms with Crippen LogP contribution in [0.4, 0.5) is 0 Å². The number of hydrogen-bond acceptors (Lipinski definition) is 5. The molecule has 0 aromatic heterocycles. The van der Waals surface area contributed by atoms with Crippen LogP contribution >= 0.6 is 0 Å². The highest BCUT2D eigenvalue weighted by atomic mass is 16.5. The molecule has 0 aliphatic heterocycles. The lowest BCUT2D eigenvalue weighted by molar-refractivity contribution is -0.143. The maximum absolute atomic E-state index is 12.5. The van der Waals surface area contributed by atoms with Crippen LogP contribution in [-0.4, -0.2) is 47.4 Å². The van der Waals surface area contributed by atoms with Crippen molar-refractivity contribution in [3.05, 3.63) is 24.3 Å². The quantitative estimate of drug-likeness (QED) is 0.0321. The van der Waals surface area contributed by atoms with E-state index in [4.69, 9.17) is 4.74 Å². The zero-order valence-corrected chi connectivity index (χ0v) is 44.4. The fourth-order valence-electron chi connectivity index (χ4n) is 9.22. The summed E-state index contributed by atoms with van der Waals surface area (Å²) in [5.41, 5.74) is 0. The number of hydrogen-bond donors (Lipinski definition) is 3. The van der Waals surface area contributed by atoms with Crippen LogP contribution in [0.1, 0.15) is 322 Å². The minimum atomic E-state index is -0.679. The molecular formula is C60H115NO5. The molecule has 0 fully saturated rings. The van der Waals surface area contributed by atoms with Crippen LogP contribution < -0.4 is 5.32 Å². The molecule has 0 saturated heterocycles. The van der Waals surface area contributed by atoms with Crippen molar-refractivity contribution in [3.8, 4) is 0 Å². The molecule has 0 spiro atoms. The Labute approximate surface area is 411 Å². The van der Waals surface area contributed by atoms with Gasteiger partial charge in [0.1, 0.15) is 0 Å². The van der Waals surface area contributed by atoms with Gasteiger partial charge in [-0.15, -0.1) is 0 Å². The lowest BCUT2D eigenvalue weighted by Crippen LogP contribution is -2.45. The Morgan fingerprint density at radius 3 is 1.12 bits per heavy atom. The van der Waals surface area contributed by atoms with E-state index >= 15 is 0 Å². The third-order valence-electron chi connectivity index (χ3n) is 13.8. The molecule has 0 aromatic carbocycles. The van der Waals surface area contributed by atoms with E-state index in [1.54, 1.807) is 0 Å². The molecule has 6 heteroatoms. The lowest BCUT2D eigenvalue weighted by atomic mass is 10.0. The van der Waals surface area contributed by atoms with Crippen molar-refractivity contribution in [1.29, 1.82) is 0 Å². The van der Waals surface area contributed by atoms with E-state index in [0.717, 1.165) is 77.0 Å². The minimum absolute atomic E-state index is 0.0188. The van der Waals surface area contributed by atoms with Gasteiger partial charge in [0.15, 0.2) is 0 Å². The van der Waals surface area contributed by atoms with E-state index < -0.39 is 12.1 Å². The number of nitrogens with one attached hydrogen (secondary N) is 1. The van der Waals surface area contributed by atoms with Gasteiger partial charge in [-0.2, -0.15) is 0 Å². The molecule has 390 valence electrons. The molecule has 0 aromatic rings. The first-order chi connectivity index (χ1) is 32.5. The molecule has 66 heavy (non-hydrogen) atoms. The third-order valence-corrected chi connectivity index (χ3v) is 13.8. The van der Waals surface area contributed by atoms with Gasteiger partial charge in [-0.1, -0.05) is 276 Å². The maximum Gasteiger partial charge on any atom is 0.305 e. The molecule has 0 radical (unpaired) electrons. The topological polar surface area (TPSA) is 95.9 Å². The number of unbranched alkanes of at least 4 members (excludes halogenated alkanes) is 41. The summed E-state index contributed by atoms with van der Waals surface area (Å²) < 4.78 is 5.45. The fraction of sp³-hybridized carbons (Fsp3) is 0.900. The molecule has 0 rings (SSSR count). The molecule has 3 N–H and O–H groups in total. The van der Waals surface area contributed by atoms with Gasteiger partial charge >= 0.3 is 5.97 Å². The summed E-state index contributed by atoms with van der Waals surface area (Å²) >= 11 is 0. The second-order valence-corrected chi connectivity index (χ2v) is 20.4.